The first-order chi connectivity index (χ1) is 13.9. The Labute approximate surface area is 164 Å². The SMILES string of the molecule is Cc1cc2c(C(N)=O)nn(-c3n[nH]c(-c4c(O)c(C)nn4CC4CC4)n3)c2cn1. The maximum absolute atomic E-state index is 11.8. The van der Waals surface area contributed by atoms with Gasteiger partial charge >= 0.3 is 0 Å². The molecule has 4 aromatic heterocycles. The van der Waals surface area contributed by atoms with Gasteiger partial charge in [0.25, 0.3) is 11.9 Å². The number of nitrogens with two attached hydrogens (primary N) is 1. The highest BCUT2D eigenvalue weighted by Crippen LogP contribution is 2.35. The summed E-state index contributed by atoms with van der Waals surface area (Å²) in [6.07, 6.45) is 3.91. The van der Waals surface area contributed by atoms with Crippen LogP contribution in [0.2, 0.25) is 0 Å². The van der Waals surface area contributed by atoms with E-state index >= 15 is 0 Å². The van der Waals surface area contributed by atoms with Crippen LogP contribution in [0.4, 0.5) is 0 Å². The fourth-order valence-electron chi connectivity index (χ4n) is 3.39. The molecular formula is C18H19N9O2. The van der Waals surface area contributed by atoms with Crippen LogP contribution >= 0.6 is 0 Å². The number of aryl methyl sites for hydroxylation is 2. The fraction of sp³-hybridized carbons (Fsp3) is 0.333. The number of nitrogens with one attached hydrogen (secondary N) is 1. The Kier molecular flexibility index (Phi) is 3.66. The molecule has 29 heavy (non-hydrogen) atoms. The average molecular weight is 393 g/mol. The van der Waals surface area contributed by atoms with E-state index in [2.05, 4.69) is 30.4 Å². The fourth-order valence-corrected chi connectivity index (χ4v) is 3.39. The summed E-state index contributed by atoms with van der Waals surface area (Å²) in [5.74, 6) is 0.555. The van der Waals surface area contributed by atoms with Gasteiger partial charge in [0.15, 0.2) is 17.3 Å². The van der Waals surface area contributed by atoms with Crippen molar-refractivity contribution in [2.75, 3.05) is 0 Å². The molecule has 11 heteroatoms. The molecule has 1 fully saturated rings. The first-order valence-corrected chi connectivity index (χ1v) is 9.27. The van der Waals surface area contributed by atoms with Gasteiger partial charge in [-0.3, -0.25) is 19.6 Å². The van der Waals surface area contributed by atoms with Crippen molar-refractivity contribution >= 4 is 16.8 Å². The third kappa shape index (κ3) is 2.82. The Morgan fingerprint density at radius 2 is 2.14 bits per heavy atom. The molecule has 0 atom stereocenters. The molecule has 0 aromatic carbocycles. The molecule has 0 unspecified atom stereocenters. The maximum atomic E-state index is 11.8. The second-order valence-electron chi connectivity index (χ2n) is 7.36. The van der Waals surface area contributed by atoms with Crippen LogP contribution in [0.3, 0.4) is 0 Å². The van der Waals surface area contributed by atoms with Crippen LogP contribution in [0.15, 0.2) is 12.3 Å². The van der Waals surface area contributed by atoms with Gasteiger partial charge in [-0.1, -0.05) is 0 Å². The number of hydrogen-bond acceptors (Lipinski definition) is 7. The van der Waals surface area contributed by atoms with Crippen molar-refractivity contribution in [3.05, 3.63) is 29.3 Å². The molecule has 1 saturated carbocycles. The van der Waals surface area contributed by atoms with Crippen LogP contribution < -0.4 is 5.73 Å². The number of aromatic hydroxyl groups is 1. The van der Waals surface area contributed by atoms with Gasteiger partial charge in [0, 0.05) is 17.6 Å². The summed E-state index contributed by atoms with van der Waals surface area (Å²) >= 11 is 0. The van der Waals surface area contributed by atoms with E-state index in [1.54, 1.807) is 23.9 Å². The lowest BCUT2D eigenvalue weighted by molar-refractivity contribution is 0.0996. The van der Waals surface area contributed by atoms with Gasteiger partial charge in [0.05, 0.1) is 11.7 Å². The Morgan fingerprint density at radius 1 is 1.34 bits per heavy atom. The average Bonchev–Trinajstić information content (AvgIpc) is 3.10. The van der Waals surface area contributed by atoms with E-state index in [4.69, 9.17) is 5.73 Å². The highest BCUT2D eigenvalue weighted by molar-refractivity contribution is 6.04. The summed E-state index contributed by atoms with van der Waals surface area (Å²) in [6.45, 7) is 4.28. The number of rotatable bonds is 5. The lowest BCUT2D eigenvalue weighted by Crippen LogP contribution is -2.12. The predicted octanol–water partition coefficient (Wildman–Crippen LogP) is 1.23. The minimum atomic E-state index is -0.647. The zero-order valence-corrected chi connectivity index (χ0v) is 15.9. The molecule has 4 aromatic rings. The molecule has 0 radical (unpaired) electrons. The molecule has 148 valence electrons. The number of carbonyl (C=O) groups is 1. The van der Waals surface area contributed by atoms with Gasteiger partial charge in [0.1, 0.15) is 11.4 Å². The number of hydrogen-bond donors (Lipinski definition) is 3. The van der Waals surface area contributed by atoms with Gasteiger partial charge in [-0.05, 0) is 38.7 Å². The highest BCUT2D eigenvalue weighted by Gasteiger charge is 2.27. The minimum absolute atomic E-state index is 0.0637. The number of nitrogens with zero attached hydrogens (tertiary/aromatic N) is 7. The first kappa shape index (κ1) is 17.3. The molecule has 0 bridgehead atoms. The van der Waals surface area contributed by atoms with Crippen molar-refractivity contribution in [1.82, 2.24) is 39.7 Å². The van der Waals surface area contributed by atoms with Gasteiger partial charge in [0.2, 0.25) is 0 Å². The molecule has 1 aliphatic carbocycles. The summed E-state index contributed by atoms with van der Waals surface area (Å²) < 4.78 is 3.17. The smallest absolute Gasteiger partial charge is 0.270 e. The summed E-state index contributed by atoms with van der Waals surface area (Å²) in [7, 11) is 0. The van der Waals surface area contributed by atoms with E-state index < -0.39 is 5.91 Å². The third-order valence-electron chi connectivity index (χ3n) is 5.05. The normalized spacial score (nSPS) is 14.0. The Morgan fingerprint density at radius 3 is 2.86 bits per heavy atom. The van der Waals surface area contributed by atoms with E-state index in [0.717, 1.165) is 18.5 Å². The number of fused-ring (bicyclic) bond motifs is 1. The van der Waals surface area contributed by atoms with Crippen LogP contribution in [-0.4, -0.2) is 50.7 Å². The largest absolute Gasteiger partial charge is 0.504 e. The number of aromatic nitrogens is 8. The number of aromatic amines is 1. The lowest BCUT2D eigenvalue weighted by Gasteiger charge is -2.03. The third-order valence-corrected chi connectivity index (χ3v) is 5.05. The number of H-pyrrole nitrogens is 1. The van der Waals surface area contributed by atoms with Gasteiger partial charge in [-0.2, -0.15) is 19.9 Å². The Balaban J connectivity index is 1.62. The number of primary amides is 1. The molecule has 1 aliphatic rings. The van der Waals surface area contributed by atoms with Crippen LogP contribution in [0, 0.1) is 19.8 Å². The summed E-state index contributed by atoms with van der Waals surface area (Å²) in [6, 6.07) is 1.74. The molecule has 4 N–H and O–H groups in total. The summed E-state index contributed by atoms with van der Waals surface area (Å²) in [4.78, 5) is 20.6. The second kappa shape index (κ2) is 6.12. The van der Waals surface area contributed by atoms with Crippen molar-refractivity contribution in [3.63, 3.8) is 0 Å². The van der Waals surface area contributed by atoms with E-state index in [-0.39, 0.29) is 17.4 Å². The summed E-state index contributed by atoms with van der Waals surface area (Å²) in [5.41, 5.74) is 7.90. The maximum Gasteiger partial charge on any atom is 0.270 e. The van der Waals surface area contributed by atoms with Crippen molar-refractivity contribution in [3.8, 4) is 23.2 Å². The molecule has 0 saturated heterocycles. The van der Waals surface area contributed by atoms with Crippen LogP contribution in [0.5, 0.6) is 5.75 Å². The predicted molar refractivity (Wildman–Crippen MR) is 102 cm³/mol. The molecule has 5 rings (SSSR count). The van der Waals surface area contributed by atoms with Gasteiger partial charge < -0.3 is 10.8 Å². The van der Waals surface area contributed by atoms with E-state index in [1.807, 2.05) is 6.92 Å². The van der Waals surface area contributed by atoms with Crippen molar-refractivity contribution in [1.29, 1.82) is 0 Å². The zero-order chi connectivity index (χ0) is 20.3. The Bertz CT molecular complexity index is 1260. The Hall–Kier alpha value is -3.76. The number of amides is 1. The van der Waals surface area contributed by atoms with Crippen LogP contribution in [-0.2, 0) is 6.54 Å². The lowest BCUT2D eigenvalue weighted by atomic mass is 10.2. The number of pyridine rings is 1. The number of carbonyl (C=O) groups excluding carboxylic acids is 1. The molecule has 11 nitrogen and oxygen atoms in total. The zero-order valence-electron chi connectivity index (χ0n) is 15.9. The van der Waals surface area contributed by atoms with Crippen molar-refractivity contribution < 1.29 is 9.90 Å². The van der Waals surface area contributed by atoms with E-state index in [1.165, 1.54) is 4.68 Å². The van der Waals surface area contributed by atoms with E-state index in [0.29, 0.717) is 40.6 Å². The molecule has 0 spiro atoms. The minimum Gasteiger partial charge on any atom is -0.504 e. The van der Waals surface area contributed by atoms with Gasteiger partial charge in [-0.25, -0.2) is 0 Å². The van der Waals surface area contributed by atoms with Crippen LogP contribution in [0.1, 0.15) is 34.7 Å². The van der Waals surface area contributed by atoms with Gasteiger partial charge in [-0.15, -0.1) is 5.10 Å². The van der Waals surface area contributed by atoms with Crippen molar-refractivity contribution in [2.24, 2.45) is 11.7 Å². The second-order valence-corrected chi connectivity index (χ2v) is 7.36. The van der Waals surface area contributed by atoms with Crippen molar-refractivity contribution in [2.45, 2.75) is 33.2 Å². The van der Waals surface area contributed by atoms with E-state index in [9.17, 15) is 9.90 Å². The quantitative estimate of drug-likeness (QED) is 0.461. The summed E-state index contributed by atoms with van der Waals surface area (Å²) in [5, 5.41) is 26.9. The standard InChI is InChI=1S/C18H19N9O2/c1-8-5-11-12(6-20-8)27(25-13(11)16(19)29)18-21-17(22-23-18)14-15(28)9(2)24-26(14)7-10-3-4-10/h5-6,10,28H,3-4,7H2,1-2H3,(H2,19,29)(H,21,22,23). The molecule has 0 aliphatic heterocycles. The molecular weight excluding hydrogens is 374 g/mol. The first-order valence-electron chi connectivity index (χ1n) is 9.27. The monoisotopic (exact) mass is 393 g/mol. The highest BCUT2D eigenvalue weighted by atomic mass is 16.3. The topological polar surface area (TPSA) is 153 Å². The molecule has 1 amide bonds. The van der Waals surface area contributed by atoms with Crippen LogP contribution in [0.25, 0.3) is 28.4 Å². The molecule has 4 heterocycles.